The van der Waals surface area contributed by atoms with E-state index in [4.69, 9.17) is 9.47 Å². The number of carbonyl (C=O) groups excluding carboxylic acids is 2. The van der Waals surface area contributed by atoms with Crippen molar-refractivity contribution >= 4 is 23.3 Å². The monoisotopic (exact) mass is 569 g/mol. The lowest BCUT2D eigenvalue weighted by Gasteiger charge is -2.36. The Hall–Kier alpha value is -4.86. The van der Waals surface area contributed by atoms with Gasteiger partial charge in [0.15, 0.2) is 5.69 Å². The number of likely N-dealkylation sites (N-methyl/N-ethyl adjacent to an activating group) is 1. The summed E-state index contributed by atoms with van der Waals surface area (Å²) in [5.41, 5.74) is 4.78. The number of ether oxygens (including phenoxy) is 2. The van der Waals surface area contributed by atoms with Crippen LogP contribution in [0.5, 0.6) is 5.75 Å². The summed E-state index contributed by atoms with van der Waals surface area (Å²) >= 11 is 0. The second kappa shape index (κ2) is 11.6. The molecule has 0 atom stereocenters. The largest absolute Gasteiger partial charge is 0.490 e. The molecular formula is C32H32FN5O4. The molecule has 0 spiro atoms. The summed E-state index contributed by atoms with van der Waals surface area (Å²) in [7, 11) is 2.02. The van der Waals surface area contributed by atoms with Gasteiger partial charge in [-0.3, -0.25) is 4.79 Å². The molecular weight excluding hydrogens is 537 g/mol. The fourth-order valence-corrected chi connectivity index (χ4v) is 5.38. The number of rotatable bonds is 6. The summed E-state index contributed by atoms with van der Waals surface area (Å²) in [4.78, 5) is 31.9. The average Bonchev–Trinajstić information content (AvgIpc) is 3.47. The second-order valence-corrected chi connectivity index (χ2v) is 10.3. The SMILES string of the molecule is CCOC(=O)c1cc(-c2ccc(N3CCN(C(=O)c4ccc5c(c4)OCCN5C)CC3)cc2)n(-c2cccc(F)c2)n1. The van der Waals surface area contributed by atoms with Crippen LogP contribution in [-0.2, 0) is 4.74 Å². The van der Waals surface area contributed by atoms with Gasteiger partial charge in [0.25, 0.3) is 5.91 Å². The van der Waals surface area contributed by atoms with Gasteiger partial charge in [0.2, 0.25) is 0 Å². The summed E-state index contributed by atoms with van der Waals surface area (Å²) in [6, 6.07) is 21.3. The highest BCUT2D eigenvalue weighted by molar-refractivity contribution is 5.95. The highest BCUT2D eigenvalue weighted by Crippen LogP contribution is 2.32. The average molecular weight is 570 g/mol. The molecule has 1 saturated heterocycles. The molecule has 0 N–H and O–H groups in total. The molecule has 0 radical (unpaired) electrons. The lowest BCUT2D eigenvalue weighted by atomic mass is 10.1. The first-order chi connectivity index (χ1) is 20.4. The fraction of sp³-hybridized carbons (Fsp3) is 0.281. The number of amides is 1. The third-order valence-corrected chi connectivity index (χ3v) is 7.64. The van der Waals surface area contributed by atoms with Crippen LogP contribution in [-0.4, -0.2) is 79.5 Å². The number of anilines is 2. The smallest absolute Gasteiger partial charge is 0.358 e. The molecule has 0 aliphatic carbocycles. The van der Waals surface area contributed by atoms with E-state index in [0.717, 1.165) is 29.2 Å². The molecule has 1 fully saturated rings. The van der Waals surface area contributed by atoms with E-state index in [1.165, 1.54) is 12.1 Å². The van der Waals surface area contributed by atoms with E-state index in [0.29, 0.717) is 49.7 Å². The Morgan fingerprint density at radius 2 is 1.71 bits per heavy atom. The Bertz CT molecular complexity index is 1610. The van der Waals surface area contributed by atoms with Gasteiger partial charge in [-0.2, -0.15) is 5.10 Å². The van der Waals surface area contributed by atoms with Crippen LogP contribution in [0, 0.1) is 5.82 Å². The Morgan fingerprint density at radius 3 is 2.45 bits per heavy atom. The van der Waals surface area contributed by atoms with E-state index in [2.05, 4.69) is 14.9 Å². The van der Waals surface area contributed by atoms with Crippen molar-refractivity contribution in [3.63, 3.8) is 0 Å². The molecule has 3 heterocycles. The molecule has 4 aromatic rings. The van der Waals surface area contributed by atoms with Gasteiger partial charge in [-0.1, -0.05) is 18.2 Å². The van der Waals surface area contributed by atoms with Crippen molar-refractivity contribution in [3.05, 3.63) is 89.9 Å². The van der Waals surface area contributed by atoms with Gasteiger partial charge in [-0.25, -0.2) is 13.9 Å². The van der Waals surface area contributed by atoms with E-state index in [1.807, 2.05) is 54.4 Å². The van der Waals surface area contributed by atoms with Gasteiger partial charge in [0.05, 0.1) is 30.2 Å². The molecule has 6 rings (SSSR count). The van der Waals surface area contributed by atoms with Crippen molar-refractivity contribution < 1.29 is 23.5 Å². The number of nitrogens with zero attached hydrogens (tertiary/aromatic N) is 5. The van der Waals surface area contributed by atoms with Gasteiger partial charge >= 0.3 is 5.97 Å². The zero-order valence-corrected chi connectivity index (χ0v) is 23.6. The van der Waals surface area contributed by atoms with Crippen LogP contribution in [0.25, 0.3) is 16.9 Å². The summed E-state index contributed by atoms with van der Waals surface area (Å²) in [5, 5.41) is 4.42. The highest BCUT2D eigenvalue weighted by Gasteiger charge is 2.25. The number of esters is 1. The summed E-state index contributed by atoms with van der Waals surface area (Å²) in [5.74, 6) is -0.172. The first-order valence-electron chi connectivity index (χ1n) is 14.1. The van der Waals surface area contributed by atoms with Gasteiger partial charge in [-0.15, -0.1) is 0 Å². The second-order valence-electron chi connectivity index (χ2n) is 10.3. The lowest BCUT2D eigenvalue weighted by molar-refractivity contribution is 0.0518. The molecule has 9 nitrogen and oxygen atoms in total. The predicted molar refractivity (Wildman–Crippen MR) is 158 cm³/mol. The Labute approximate surface area is 243 Å². The first kappa shape index (κ1) is 27.3. The predicted octanol–water partition coefficient (Wildman–Crippen LogP) is 4.65. The Kier molecular flexibility index (Phi) is 7.52. The van der Waals surface area contributed by atoms with E-state index in [1.54, 1.807) is 29.8 Å². The molecule has 0 saturated carbocycles. The van der Waals surface area contributed by atoms with E-state index in [-0.39, 0.29) is 18.2 Å². The maximum absolute atomic E-state index is 14.0. The lowest BCUT2D eigenvalue weighted by Crippen LogP contribution is -2.48. The molecule has 1 aromatic heterocycles. The standard InChI is InChI=1S/C32H32FN5O4/c1-3-41-32(40)27-21-29(38(34-27)26-6-4-5-24(33)20-26)22-7-10-25(11-8-22)36-13-15-37(16-14-36)31(39)23-9-12-28-30(19-23)42-18-17-35(28)2/h4-12,19-21H,3,13-18H2,1-2H3. The van der Waals surface area contributed by atoms with Crippen molar-refractivity contribution in [2.45, 2.75) is 6.92 Å². The molecule has 0 bridgehead atoms. The van der Waals surface area contributed by atoms with Crippen molar-refractivity contribution in [1.82, 2.24) is 14.7 Å². The van der Waals surface area contributed by atoms with Crippen LogP contribution in [0.3, 0.4) is 0 Å². The van der Waals surface area contributed by atoms with Gasteiger partial charge in [0.1, 0.15) is 18.2 Å². The normalized spacial score (nSPS) is 14.8. The minimum absolute atomic E-state index is 0.00707. The van der Waals surface area contributed by atoms with Gasteiger partial charge in [-0.05, 0) is 61.5 Å². The highest BCUT2D eigenvalue weighted by atomic mass is 19.1. The van der Waals surface area contributed by atoms with Gasteiger partial charge in [0, 0.05) is 50.0 Å². The molecule has 2 aliphatic heterocycles. The van der Waals surface area contributed by atoms with E-state index < -0.39 is 11.8 Å². The van der Waals surface area contributed by atoms with Crippen molar-refractivity contribution in [3.8, 4) is 22.7 Å². The van der Waals surface area contributed by atoms with Crippen molar-refractivity contribution in [2.75, 3.05) is 62.8 Å². The van der Waals surface area contributed by atoms with Crippen LogP contribution in [0.1, 0.15) is 27.8 Å². The van der Waals surface area contributed by atoms with Crippen LogP contribution in [0.2, 0.25) is 0 Å². The summed E-state index contributed by atoms with van der Waals surface area (Å²) in [6.45, 7) is 6.01. The zero-order chi connectivity index (χ0) is 29.2. The van der Waals surface area contributed by atoms with Gasteiger partial charge < -0.3 is 24.2 Å². The maximum atomic E-state index is 14.0. The third kappa shape index (κ3) is 5.39. The fourth-order valence-electron chi connectivity index (χ4n) is 5.38. The van der Waals surface area contributed by atoms with Crippen molar-refractivity contribution in [2.24, 2.45) is 0 Å². The maximum Gasteiger partial charge on any atom is 0.358 e. The number of carbonyl (C=O) groups is 2. The molecule has 216 valence electrons. The third-order valence-electron chi connectivity index (χ3n) is 7.64. The van der Waals surface area contributed by atoms with Crippen LogP contribution in [0.15, 0.2) is 72.8 Å². The minimum Gasteiger partial charge on any atom is -0.490 e. The quantitative estimate of drug-likeness (QED) is 0.313. The van der Waals surface area contributed by atoms with E-state index in [9.17, 15) is 14.0 Å². The Balaban J connectivity index is 1.16. The number of halogens is 1. The summed E-state index contributed by atoms with van der Waals surface area (Å²) < 4.78 is 26.5. The number of aromatic nitrogens is 2. The molecule has 1 amide bonds. The number of piperazine rings is 1. The number of hydrogen-bond acceptors (Lipinski definition) is 7. The minimum atomic E-state index is -0.534. The zero-order valence-electron chi connectivity index (χ0n) is 23.6. The number of hydrogen-bond donors (Lipinski definition) is 0. The summed E-state index contributed by atoms with van der Waals surface area (Å²) in [6.07, 6.45) is 0. The van der Waals surface area contributed by atoms with E-state index >= 15 is 0 Å². The van der Waals surface area contributed by atoms with Crippen LogP contribution in [0.4, 0.5) is 15.8 Å². The number of fused-ring (bicyclic) bond motifs is 1. The molecule has 42 heavy (non-hydrogen) atoms. The molecule has 10 heteroatoms. The van der Waals surface area contributed by atoms with Crippen LogP contribution >= 0.6 is 0 Å². The topological polar surface area (TPSA) is 80.1 Å². The van der Waals surface area contributed by atoms with Crippen LogP contribution < -0.4 is 14.5 Å². The first-order valence-corrected chi connectivity index (χ1v) is 14.1. The molecule has 2 aliphatic rings. The number of benzene rings is 3. The molecule has 3 aromatic carbocycles. The Morgan fingerprint density at radius 1 is 0.929 bits per heavy atom. The van der Waals surface area contributed by atoms with Crippen molar-refractivity contribution in [1.29, 1.82) is 0 Å². The molecule has 0 unspecified atom stereocenters.